The Morgan fingerprint density at radius 1 is 1.21 bits per heavy atom. The Morgan fingerprint density at radius 3 is 2.29 bits per heavy atom. The highest BCUT2D eigenvalue weighted by Gasteiger charge is 2.40. The highest BCUT2D eigenvalue weighted by molar-refractivity contribution is 7.94. The molecule has 0 amide bonds. The summed E-state index contributed by atoms with van der Waals surface area (Å²) in [5, 5.41) is -1.85. The molecule has 10 heteroatoms. The van der Waals surface area contributed by atoms with Crippen molar-refractivity contribution in [2.24, 2.45) is 0 Å². The van der Waals surface area contributed by atoms with Crippen molar-refractivity contribution in [3.63, 3.8) is 0 Å². The SMILES string of the molecule is CCCS(=O)(=O)C(CC)N(F)S(=O)(=O)c1ccccc1C(=O)OC. The third-order valence-corrected chi connectivity index (χ3v) is 7.36. The van der Waals surface area contributed by atoms with Gasteiger partial charge in [0.15, 0.2) is 15.2 Å². The van der Waals surface area contributed by atoms with E-state index in [2.05, 4.69) is 4.74 Å². The molecule has 0 aliphatic carbocycles. The summed E-state index contributed by atoms with van der Waals surface area (Å²) in [7, 11) is -7.79. The fraction of sp³-hybridized carbons (Fsp3) is 0.500. The predicted molar refractivity (Wildman–Crippen MR) is 86.1 cm³/mol. The molecule has 0 heterocycles. The molecule has 1 aromatic rings. The van der Waals surface area contributed by atoms with E-state index in [1.165, 1.54) is 19.1 Å². The number of carbonyl (C=O) groups is 1. The van der Waals surface area contributed by atoms with Crippen LogP contribution in [0, 0.1) is 0 Å². The molecular formula is C14H20FNO6S2. The first-order valence-corrected chi connectivity index (χ1v) is 10.4. The average molecular weight is 381 g/mol. The van der Waals surface area contributed by atoms with E-state index in [9.17, 15) is 26.1 Å². The van der Waals surface area contributed by atoms with Crippen LogP contribution in [0.4, 0.5) is 4.48 Å². The van der Waals surface area contributed by atoms with Crippen LogP contribution < -0.4 is 0 Å². The Labute approximate surface area is 141 Å². The molecule has 0 saturated carbocycles. The third kappa shape index (κ3) is 4.11. The van der Waals surface area contributed by atoms with E-state index in [1.54, 1.807) is 6.92 Å². The van der Waals surface area contributed by atoms with Gasteiger partial charge in [-0.05, 0) is 29.5 Å². The molecule has 1 aromatic carbocycles. The molecule has 0 fully saturated rings. The molecule has 24 heavy (non-hydrogen) atoms. The normalized spacial score (nSPS) is 13.7. The maximum atomic E-state index is 14.6. The van der Waals surface area contributed by atoms with Crippen molar-refractivity contribution in [2.75, 3.05) is 12.9 Å². The molecule has 0 saturated heterocycles. The zero-order chi connectivity index (χ0) is 18.5. The fourth-order valence-corrected chi connectivity index (χ4v) is 5.82. The summed E-state index contributed by atoms with van der Waals surface area (Å²) >= 11 is 0. The van der Waals surface area contributed by atoms with Crippen LogP contribution in [0.1, 0.15) is 37.0 Å². The Bertz CT molecular complexity index is 791. The van der Waals surface area contributed by atoms with Crippen LogP contribution in [-0.4, -0.2) is 45.6 Å². The van der Waals surface area contributed by atoms with Gasteiger partial charge < -0.3 is 4.74 Å². The van der Waals surface area contributed by atoms with Crippen LogP contribution in [0.5, 0.6) is 0 Å². The van der Waals surface area contributed by atoms with Crippen LogP contribution in [0.15, 0.2) is 29.2 Å². The number of nitrogens with zero attached hydrogens (tertiary/aromatic N) is 1. The number of rotatable bonds is 8. The van der Waals surface area contributed by atoms with Gasteiger partial charge in [0, 0.05) is 0 Å². The summed E-state index contributed by atoms with van der Waals surface area (Å²) in [5.41, 5.74) is -0.370. The maximum Gasteiger partial charge on any atom is 0.339 e. The van der Waals surface area contributed by atoms with E-state index in [0.29, 0.717) is 0 Å². The van der Waals surface area contributed by atoms with E-state index >= 15 is 0 Å². The van der Waals surface area contributed by atoms with E-state index in [4.69, 9.17) is 0 Å². The maximum absolute atomic E-state index is 14.6. The number of ether oxygens (including phenoxy) is 1. The molecule has 136 valence electrons. The van der Waals surface area contributed by atoms with Crippen molar-refractivity contribution >= 4 is 25.8 Å². The lowest BCUT2D eigenvalue weighted by Crippen LogP contribution is -2.40. The van der Waals surface area contributed by atoms with Crippen molar-refractivity contribution in [3.05, 3.63) is 29.8 Å². The number of esters is 1. The van der Waals surface area contributed by atoms with Crippen molar-refractivity contribution in [1.82, 2.24) is 4.53 Å². The Balaban J connectivity index is 3.42. The van der Waals surface area contributed by atoms with Crippen molar-refractivity contribution in [3.8, 4) is 0 Å². The monoisotopic (exact) mass is 381 g/mol. The summed E-state index contributed by atoms with van der Waals surface area (Å²) in [5.74, 6) is -1.31. The molecule has 7 nitrogen and oxygen atoms in total. The van der Waals surface area contributed by atoms with Gasteiger partial charge in [0.2, 0.25) is 0 Å². The van der Waals surface area contributed by atoms with Crippen LogP contribution in [0.3, 0.4) is 0 Å². The number of halogens is 1. The van der Waals surface area contributed by atoms with Crippen LogP contribution in [-0.2, 0) is 24.6 Å². The van der Waals surface area contributed by atoms with Gasteiger partial charge in [-0.25, -0.2) is 21.6 Å². The first-order valence-electron chi connectivity index (χ1n) is 7.22. The number of benzene rings is 1. The van der Waals surface area contributed by atoms with Gasteiger partial charge in [-0.3, -0.25) is 0 Å². The second-order valence-corrected chi connectivity index (χ2v) is 8.98. The molecule has 0 spiro atoms. The molecule has 0 N–H and O–H groups in total. The van der Waals surface area contributed by atoms with E-state index in [0.717, 1.165) is 19.2 Å². The lowest BCUT2D eigenvalue weighted by Gasteiger charge is -2.22. The van der Waals surface area contributed by atoms with Crippen LogP contribution >= 0.6 is 0 Å². The number of hydrogen-bond acceptors (Lipinski definition) is 6. The lowest BCUT2D eigenvalue weighted by molar-refractivity contribution is 0.0595. The molecule has 0 bridgehead atoms. The van der Waals surface area contributed by atoms with Crippen molar-refractivity contribution in [1.29, 1.82) is 0 Å². The second kappa shape index (κ2) is 8.04. The van der Waals surface area contributed by atoms with Gasteiger partial charge in [-0.15, -0.1) is 4.48 Å². The topological polar surface area (TPSA) is 97.8 Å². The van der Waals surface area contributed by atoms with Gasteiger partial charge in [0.05, 0.1) is 23.3 Å². The minimum Gasteiger partial charge on any atom is -0.465 e. The quantitative estimate of drug-likeness (QED) is 0.504. The largest absolute Gasteiger partial charge is 0.465 e. The summed E-state index contributed by atoms with van der Waals surface area (Å²) in [6, 6.07) is 4.87. The average Bonchev–Trinajstić information content (AvgIpc) is 2.54. The number of sulfone groups is 1. The molecule has 1 atom stereocenters. The molecule has 0 aromatic heterocycles. The van der Waals surface area contributed by atoms with Gasteiger partial charge in [0.25, 0.3) is 10.0 Å². The highest BCUT2D eigenvalue weighted by atomic mass is 32.2. The summed E-state index contributed by atoms with van der Waals surface area (Å²) in [4.78, 5) is 11.0. The molecule has 0 aliphatic heterocycles. The van der Waals surface area contributed by atoms with Crippen molar-refractivity contribution < 1.29 is 30.8 Å². The zero-order valence-electron chi connectivity index (χ0n) is 13.6. The number of hydrogen-bond donors (Lipinski definition) is 0. The molecule has 0 radical (unpaired) electrons. The van der Waals surface area contributed by atoms with Gasteiger partial charge in [0.1, 0.15) is 0 Å². The highest BCUT2D eigenvalue weighted by Crippen LogP contribution is 2.26. The first-order chi connectivity index (χ1) is 11.1. The summed E-state index contributed by atoms with van der Waals surface area (Å²) in [6.45, 7) is 2.96. The zero-order valence-corrected chi connectivity index (χ0v) is 15.2. The van der Waals surface area contributed by atoms with Gasteiger partial charge in [-0.1, -0.05) is 26.0 Å². The predicted octanol–water partition coefficient (Wildman–Crippen LogP) is 1.91. The fourth-order valence-electron chi connectivity index (χ4n) is 2.16. The number of carbonyl (C=O) groups excluding carboxylic acids is 1. The standard InChI is InChI=1S/C14H20FNO6S2/c1-4-10-23(18,19)13(5-2)16(15)24(20,21)12-9-7-6-8-11(12)14(17)22-3/h6-9,13H,4-5,10H2,1-3H3. The second-order valence-electron chi connectivity index (χ2n) is 4.96. The molecule has 1 unspecified atom stereocenters. The van der Waals surface area contributed by atoms with E-state index in [-0.39, 0.29) is 24.2 Å². The molecule has 0 aliphatic rings. The van der Waals surface area contributed by atoms with E-state index in [1.807, 2.05) is 0 Å². The van der Waals surface area contributed by atoms with Crippen LogP contribution in [0.2, 0.25) is 0 Å². The third-order valence-electron chi connectivity index (χ3n) is 3.28. The van der Waals surface area contributed by atoms with Crippen molar-refractivity contribution in [2.45, 2.75) is 37.0 Å². The minimum atomic E-state index is -4.85. The Morgan fingerprint density at radius 2 is 1.79 bits per heavy atom. The number of sulfonamides is 1. The van der Waals surface area contributed by atoms with E-state index < -0.39 is 40.6 Å². The lowest BCUT2D eigenvalue weighted by atomic mass is 10.2. The molecule has 1 rings (SSSR count). The number of methoxy groups -OCH3 is 1. The van der Waals surface area contributed by atoms with Gasteiger partial charge in [-0.2, -0.15) is 0 Å². The summed E-state index contributed by atoms with van der Waals surface area (Å²) < 4.78 is 67.7. The Kier molecular flexibility index (Phi) is 6.87. The minimum absolute atomic E-state index is 0.228. The van der Waals surface area contributed by atoms with Gasteiger partial charge >= 0.3 is 5.97 Å². The van der Waals surface area contributed by atoms with Crippen LogP contribution in [0.25, 0.3) is 0 Å². The smallest absolute Gasteiger partial charge is 0.339 e. The summed E-state index contributed by atoms with van der Waals surface area (Å²) in [6.07, 6.45) is -0.0378. The Hall–Kier alpha value is -1.52. The molecular weight excluding hydrogens is 361 g/mol. The first kappa shape index (κ1) is 20.5.